The molecule has 0 bridgehead atoms. The van der Waals surface area contributed by atoms with E-state index in [0.717, 1.165) is 56.3 Å². The molecule has 1 amide bonds. The molecule has 5 rings (SSSR count). The number of aliphatic hydroxyl groups is 1. The topological polar surface area (TPSA) is 104 Å². The average Bonchev–Trinajstić information content (AvgIpc) is 3.12. The fourth-order valence-corrected chi connectivity index (χ4v) is 5.68. The smallest absolute Gasteiger partial charge is 0.410 e. The molecule has 8 heteroatoms. The maximum Gasteiger partial charge on any atom is 0.410 e. The van der Waals surface area contributed by atoms with Crippen molar-refractivity contribution >= 4 is 17.0 Å². The standard InChI is InChI=1S/C40H45N3O5/c44-36(34-20-22-37(39-35(34)21-23-38(45)42-39)47-29-32-16-8-4-9-17-32)28-43(40(46)48-30-33-18-10-5-11-19-33)27-13-2-1-12-25-41-26-24-31-14-6-3-7-15-31/h3-11,14-23,36,41,44H,1-2,12-13,24-30H2,(H,42,45)/t36-/m1/s1. The molecule has 0 spiro atoms. The molecule has 0 aliphatic heterocycles. The molecular weight excluding hydrogens is 602 g/mol. The first-order valence-electron chi connectivity index (χ1n) is 16.8. The number of carbonyl (C=O) groups excluding carboxylic acids is 1. The number of fused-ring (bicyclic) bond motifs is 1. The molecule has 0 aliphatic rings. The Morgan fingerprint density at radius 3 is 2.08 bits per heavy atom. The van der Waals surface area contributed by atoms with Crippen molar-refractivity contribution in [1.82, 2.24) is 15.2 Å². The van der Waals surface area contributed by atoms with Crippen molar-refractivity contribution in [1.29, 1.82) is 0 Å². The Labute approximate surface area is 282 Å². The summed E-state index contributed by atoms with van der Waals surface area (Å²) >= 11 is 0. The second-order valence-corrected chi connectivity index (χ2v) is 11.9. The number of ether oxygens (including phenoxy) is 2. The van der Waals surface area contributed by atoms with Gasteiger partial charge in [0.05, 0.1) is 18.2 Å². The van der Waals surface area contributed by atoms with E-state index in [1.54, 1.807) is 23.1 Å². The van der Waals surface area contributed by atoms with Crippen molar-refractivity contribution in [3.63, 3.8) is 0 Å². The van der Waals surface area contributed by atoms with Crippen molar-refractivity contribution in [3.8, 4) is 5.75 Å². The lowest BCUT2D eigenvalue weighted by Gasteiger charge is -2.26. The van der Waals surface area contributed by atoms with Crippen molar-refractivity contribution in [2.24, 2.45) is 0 Å². The minimum Gasteiger partial charge on any atom is -0.487 e. The zero-order chi connectivity index (χ0) is 33.4. The van der Waals surface area contributed by atoms with Gasteiger partial charge in [0, 0.05) is 18.0 Å². The summed E-state index contributed by atoms with van der Waals surface area (Å²) in [5.41, 5.74) is 4.06. The van der Waals surface area contributed by atoms with Gasteiger partial charge in [-0.25, -0.2) is 4.79 Å². The van der Waals surface area contributed by atoms with Crippen LogP contribution >= 0.6 is 0 Å². The third-order valence-corrected chi connectivity index (χ3v) is 8.31. The number of nitrogens with one attached hydrogen (secondary N) is 2. The van der Waals surface area contributed by atoms with Crippen LogP contribution in [0.1, 0.15) is 54.0 Å². The molecule has 0 aliphatic carbocycles. The van der Waals surface area contributed by atoms with Crippen LogP contribution in [0, 0.1) is 0 Å². The number of hydrogen-bond donors (Lipinski definition) is 3. The van der Waals surface area contributed by atoms with Crippen LogP contribution in [0.4, 0.5) is 4.79 Å². The average molecular weight is 648 g/mol. The second kappa shape index (κ2) is 18.4. The van der Waals surface area contributed by atoms with Gasteiger partial charge in [0.15, 0.2) is 0 Å². The number of amides is 1. The number of carbonyl (C=O) groups is 1. The van der Waals surface area contributed by atoms with Crippen LogP contribution < -0.4 is 15.6 Å². The summed E-state index contributed by atoms with van der Waals surface area (Å²) in [6, 6.07) is 36.5. The summed E-state index contributed by atoms with van der Waals surface area (Å²) in [5, 5.41) is 15.7. The van der Waals surface area contributed by atoms with Crippen LogP contribution in [0.15, 0.2) is 120 Å². The van der Waals surface area contributed by atoms with Crippen LogP contribution in [0.2, 0.25) is 0 Å². The zero-order valence-electron chi connectivity index (χ0n) is 27.4. The number of H-pyrrole nitrogens is 1. The van der Waals surface area contributed by atoms with Crippen LogP contribution in [0.3, 0.4) is 0 Å². The Morgan fingerprint density at radius 2 is 1.38 bits per heavy atom. The first kappa shape index (κ1) is 34.4. The highest BCUT2D eigenvalue weighted by Crippen LogP contribution is 2.31. The third kappa shape index (κ3) is 10.6. The molecule has 3 N–H and O–H groups in total. The number of aliphatic hydroxyl groups excluding tert-OH is 1. The highest BCUT2D eigenvalue weighted by atomic mass is 16.6. The van der Waals surface area contributed by atoms with Crippen molar-refractivity contribution in [3.05, 3.63) is 148 Å². The normalized spacial score (nSPS) is 11.7. The highest BCUT2D eigenvalue weighted by molar-refractivity contribution is 5.87. The molecule has 0 unspecified atom stereocenters. The first-order chi connectivity index (χ1) is 23.6. The molecular formula is C40H45N3O5. The van der Waals surface area contributed by atoms with Crippen LogP contribution in [-0.4, -0.2) is 47.3 Å². The number of benzene rings is 4. The molecule has 0 radical (unpaired) electrons. The Hall–Kier alpha value is -4.92. The number of aromatic nitrogens is 1. The van der Waals surface area contributed by atoms with Crippen LogP contribution in [0.5, 0.6) is 5.75 Å². The van der Waals surface area contributed by atoms with E-state index in [2.05, 4.69) is 34.6 Å². The minimum absolute atomic E-state index is 0.0487. The van der Waals surface area contributed by atoms with E-state index in [1.807, 2.05) is 66.7 Å². The number of rotatable bonds is 18. The first-order valence-corrected chi connectivity index (χ1v) is 16.8. The number of unbranched alkanes of at least 4 members (excludes halogenated alkanes) is 3. The van der Waals surface area contributed by atoms with E-state index in [4.69, 9.17) is 9.47 Å². The fraction of sp³-hybridized carbons (Fsp3) is 0.300. The molecule has 1 heterocycles. The Balaban J connectivity index is 1.19. The molecule has 0 fully saturated rings. The predicted molar refractivity (Wildman–Crippen MR) is 190 cm³/mol. The maximum atomic E-state index is 13.3. The van der Waals surface area contributed by atoms with Gasteiger partial charge in [0.2, 0.25) is 5.56 Å². The van der Waals surface area contributed by atoms with Crippen molar-refractivity contribution in [2.75, 3.05) is 26.2 Å². The SMILES string of the molecule is O=C(OCc1ccccc1)N(CCCCCCNCCc1ccccc1)C[C@@H](O)c1ccc(OCc2ccccc2)c2[nH]c(=O)ccc12. The van der Waals surface area contributed by atoms with E-state index >= 15 is 0 Å². The van der Waals surface area contributed by atoms with Gasteiger partial charge in [0.25, 0.3) is 0 Å². The molecule has 8 nitrogen and oxygen atoms in total. The van der Waals surface area contributed by atoms with E-state index in [-0.39, 0.29) is 18.7 Å². The quantitative estimate of drug-likeness (QED) is 0.0872. The largest absolute Gasteiger partial charge is 0.487 e. The molecule has 5 aromatic rings. The summed E-state index contributed by atoms with van der Waals surface area (Å²) in [6.07, 6.45) is 3.36. The lowest BCUT2D eigenvalue weighted by atomic mass is 10.0. The van der Waals surface area contributed by atoms with Gasteiger partial charge in [0.1, 0.15) is 19.0 Å². The van der Waals surface area contributed by atoms with Gasteiger partial charge in [-0.15, -0.1) is 0 Å². The van der Waals surface area contributed by atoms with Gasteiger partial charge in [-0.1, -0.05) is 110 Å². The summed E-state index contributed by atoms with van der Waals surface area (Å²) in [5.74, 6) is 0.510. The van der Waals surface area contributed by atoms with Gasteiger partial charge in [-0.05, 0) is 66.7 Å². The number of aromatic amines is 1. The van der Waals surface area contributed by atoms with E-state index < -0.39 is 12.2 Å². The second-order valence-electron chi connectivity index (χ2n) is 11.9. The fourth-order valence-electron chi connectivity index (χ4n) is 5.68. The van der Waals surface area contributed by atoms with Gasteiger partial charge >= 0.3 is 6.09 Å². The molecule has 48 heavy (non-hydrogen) atoms. The number of pyridine rings is 1. The Kier molecular flexibility index (Phi) is 13.2. The lowest BCUT2D eigenvalue weighted by Crippen LogP contribution is -2.36. The lowest BCUT2D eigenvalue weighted by molar-refractivity contribution is 0.0682. The highest BCUT2D eigenvalue weighted by Gasteiger charge is 2.22. The van der Waals surface area contributed by atoms with E-state index in [0.29, 0.717) is 35.4 Å². The summed E-state index contributed by atoms with van der Waals surface area (Å²) < 4.78 is 11.8. The van der Waals surface area contributed by atoms with Gasteiger partial charge < -0.3 is 29.8 Å². The van der Waals surface area contributed by atoms with Crippen molar-refractivity contribution < 1.29 is 19.4 Å². The molecule has 250 valence electrons. The maximum absolute atomic E-state index is 13.3. The summed E-state index contributed by atoms with van der Waals surface area (Å²) in [6.45, 7) is 2.89. The molecule has 0 saturated carbocycles. The monoisotopic (exact) mass is 647 g/mol. The van der Waals surface area contributed by atoms with Crippen LogP contribution in [-0.2, 0) is 24.4 Å². The Bertz CT molecular complexity index is 1750. The molecule has 1 aromatic heterocycles. The minimum atomic E-state index is -1.01. The predicted octanol–water partition coefficient (Wildman–Crippen LogP) is 7.17. The van der Waals surface area contributed by atoms with E-state index in [1.165, 1.54) is 11.6 Å². The van der Waals surface area contributed by atoms with Gasteiger partial charge in [-0.3, -0.25) is 4.79 Å². The third-order valence-electron chi connectivity index (χ3n) is 8.31. The summed E-state index contributed by atoms with van der Waals surface area (Å²) in [4.78, 5) is 30.1. The van der Waals surface area contributed by atoms with Crippen molar-refractivity contribution in [2.45, 2.75) is 51.4 Å². The Morgan fingerprint density at radius 1 is 0.729 bits per heavy atom. The number of nitrogens with zero attached hydrogens (tertiary/aromatic N) is 1. The molecule has 0 saturated heterocycles. The van der Waals surface area contributed by atoms with Gasteiger partial charge in [-0.2, -0.15) is 0 Å². The summed E-state index contributed by atoms with van der Waals surface area (Å²) in [7, 11) is 0. The van der Waals surface area contributed by atoms with Crippen LogP contribution in [0.25, 0.3) is 10.9 Å². The molecule has 1 atom stereocenters. The zero-order valence-corrected chi connectivity index (χ0v) is 27.4. The number of hydrogen-bond acceptors (Lipinski definition) is 6. The van der Waals surface area contributed by atoms with E-state index in [9.17, 15) is 14.7 Å². The molecule has 4 aromatic carbocycles.